The Morgan fingerprint density at radius 3 is 3.05 bits per heavy atom. The van der Waals surface area contributed by atoms with Crippen LogP contribution in [0.25, 0.3) is 0 Å². The van der Waals surface area contributed by atoms with Gasteiger partial charge < -0.3 is 10.2 Å². The number of benzene rings is 1. The number of piperidine rings is 1. The quantitative estimate of drug-likeness (QED) is 0.925. The molecule has 1 aliphatic rings. The van der Waals surface area contributed by atoms with E-state index in [1.54, 1.807) is 19.2 Å². The number of nitrogens with one attached hydrogen (secondary N) is 1. The fourth-order valence-electron chi connectivity index (χ4n) is 2.36. The van der Waals surface area contributed by atoms with Gasteiger partial charge in [-0.25, -0.2) is 4.39 Å². The number of anilines is 1. The second-order valence-corrected chi connectivity index (χ2v) is 5.88. The Morgan fingerprint density at radius 1 is 1.58 bits per heavy atom. The van der Waals surface area contributed by atoms with Gasteiger partial charge in [0.25, 0.3) is 0 Å². The molecule has 1 N–H and O–H groups in total. The zero-order chi connectivity index (χ0) is 13.8. The summed E-state index contributed by atoms with van der Waals surface area (Å²) in [5.41, 5.74) is 0.322. The first-order valence-electron chi connectivity index (χ1n) is 6.50. The van der Waals surface area contributed by atoms with Crippen LogP contribution in [0.2, 0.25) is 0 Å². The monoisotopic (exact) mass is 328 g/mol. The van der Waals surface area contributed by atoms with E-state index in [0.29, 0.717) is 18.0 Å². The molecule has 1 atom stereocenters. The van der Waals surface area contributed by atoms with Gasteiger partial charge in [0.15, 0.2) is 0 Å². The van der Waals surface area contributed by atoms with Crippen molar-refractivity contribution in [2.75, 3.05) is 25.0 Å². The number of rotatable bonds is 3. The van der Waals surface area contributed by atoms with Crippen LogP contribution in [0.1, 0.15) is 19.3 Å². The van der Waals surface area contributed by atoms with Gasteiger partial charge in [-0.15, -0.1) is 0 Å². The van der Waals surface area contributed by atoms with Gasteiger partial charge in [-0.1, -0.05) is 15.9 Å². The minimum atomic E-state index is -0.374. The molecular weight excluding hydrogens is 311 g/mol. The molecule has 1 fully saturated rings. The summed E-state index contributed by atoms with van der Waals surface area (Å²) in [7, 11) is 1.63. The van der Waals surface area contributed by atoms with Gasteiger partial charge in [0.1, 0.15) is 5.82 Å². The minimum Gasteiger partial charge on any atom is -0.316 e. The van der Waals surface area contributed by atoms with Crippen LogP contribution in [0.3, 0.4) is 0 Å². The first kappa shape index (κ1) is 14.5. The van der Waals surface area contributed by atoms with Gasteiger partial charge >= 0.3 is 0 Å². The molecule has 2 rings (SSSR count). The largest absolute Gasteiger partial charge is 0.316 e. The third-order valence-corrected chi connectivity index (χ3v) is 4.00. The van der Waals surface area contributed by atoms with Gasteiger partial charge in [-0.05, 0) is 50.0 Å². The Balaban J connectivity index is 2.03. The SMILES string of the molecule is CN(C(=O)CC1CCCNC1)c1cc(Br)ccc1F. The molecule has 1 aliphatic heterocycles. The van der Waals surface area contributed by atoms with Crippen molar-refractivity contribution in [2.45, 2.75) is 19.3 Å². The lowest BCUT2D eigenvalue weighted by molar-refractivity contribution is -0.119. The number of carbonyl (C=O) groups is 1. The highest BCUT2D eigenvalue weighted by molar-refractivity contribution is 9.10. The zero-order valence-corrected chi connectivity index (χ0v) is 12.5. The van der Waals surface area contributed by atoms with Crippen LogP contribution in [0.5, 0.6) is 0 Å². The number of halogens is 2. The van der Waals surface area contributed by atoms with E-state index in [4.69, 9.17) is 0 Å². The molecule has 5 heteroatoms. The van der Waals surface area contributed by atoms with Crippen molar-refractivity contribution in [2.24, 2.45) is 5.92 Å². The molecule has 104 valence electrons. The minimum absolute atomic E-state index is 0.0364. The Hall–Kier alpha value is -0.940. The van der Waals surface area contributed by atoms with Crippen LogP contribution in [0, 0.1) is 11.7 Å². The van der Waals surface area contributed by atoms with E-state index in [1.165, 1.54) is 11.0 Å². The molecule has 3 nitrogen and oxygen atoms in total. The Bertz CT molecular complexity index is 461. The number of carbonyl (C=O) groups excluding carboxylic acids is 1. The summed E-state index contributed by atoms with van der Waals surface area (Å²) in [4.78, 5) is 13.6. The molecule has 1 unspecified atom stereocenters. The highest BCUT2D eigenvalue weighted by atomic mass is 79.9. The van der Waals surface area contributed by atoms with Gasteiger partial charge in [0.2, 0.25) is 5.91 Å². The summed E-state index contributed by atoms with van der Waals surface area (Å²) in [6, 6.07) is 4.62. The molecule has 0 spiro atoms. The van der Waals surface area contributed by atoms with Crippen LogP contribution in [-0.2, 0) is 4.79 Å². The molecule has 0 radical (unpaired) electrons. The molecule has 1 aromatic rings. The Kier molecular flexibility index (Phi) is 4.93. The van der Waals surface area contributed by atoms with Gasteiger partial charge in [0, 0.05) is 17.9 Å². The van der Waals surface area contributed by atoms with Crippen LogP contribution in [0.4, 0.5) is 10.1 Å². The highest BCUT2D eigenvalue weighted by Crippen LogP contribution is 2.25. The lowest BCUT2D eigenvalue weighted by Crippen LogP contribution is -2.35. The molecule has 0 saturated carbocycles. The summed E-state index contributed by atoms with van der Waals surface area (Å²) >= 11 is 3.30. The first-order valence-corrected chi connectivity index (χ1v) is 7.29. The average molecular weight is 329 g/mol. The fraction of sp³-hybridized carbons (Fsp3) is 0.500. The lowest BCUT2D eigenvalue weighted by atomic mass is 9.95. The number of nitrogens with zero attached hydrogens (tertiary/aromatic N) is 1. The van der Waals surface area contributed by atoms with Crippen LogP contribution >= 0.6 is 15.9 Å². The Labute approximate surface area is 121 Å². The molecule has 0 aliphatic carbocycles. The standard InChI is InChI=1S/C14H18BrFN2O/c1-18(13-8-11(15)4-5-12(13)16)14(19)7-10-3-2-6-17-9-10/h4-5,8,10,17H,2-3,6-7,9H2,1H3. The predicted octanol–water partition coefficient (Wildman–Crippen LogP) is 2.94. The van der Waals surface area contributed by atoms with Gasteiger partial charge in [-0.2, -0.15) is 0 Å². The maximum absolute atomic E-state index is 13.7. The van der Waals surface area contributed by atoms with E-state index in [-0.39, 0.29) is 11.7 Å². The smallest absolute Gasteiger partial charge is 0.227 e. The topological polar surface area (TPSA) is 32.3 Å². The van der Waals surface area contributed by atoms with Crippen LogP contribution < -0.4 is 10.2 Å². The predicted molar refractivity (Wildman–Crippen MR) is 77.7 cm³/mol. The van der Waals surface area contributed by atoms with E-state index in [9.17, 15) is 9.18 Å². The summed E-state index contributed by atoms with van der Waals surface area (Å²) in [6.07, 6.45) is 2.63. The molecule has 1 amide bonds. The molecule has 1 saturated heterocycles. The van der Waals surface area contributed by atoms with Crippen LogP contribution in [0.15, 0.2) is 22.7 Å². The fourth-order valence-corrected chi connectivity index (χ4v) is 2.71. The van der Waals surface area contributed by atoms with Gasteiger partial charge in [-0.3, -0.25) is 4.79 Å². The zero-order valence-electron chi connectivity index (χ0n) is 11.0. The first-order chi connectivity index (χ1) is 9.08. The number of hydrogen-bond acceptors (Lipinski definition) is 2. The van der Waals surface area contributed by atoms with Crippen molar-refractivity contribution in [3.63, 3.8) is 0 Å². The maximum atomic E-state index is 13.7. The highest BCUT2D eigenvalue weighted by Gasteiger charge is 2.21. The summed E-state index contributed by atoms with van der Waals surface area (Å²) in [5.74, 6) is -0.0505. The van der Waals surface area contributed by atoms with Crippen molar-refractivity contribution in [1.29, 1.82) is 0 Å². The van der Waals surface area contributed by atoms with Crippen molar-refractivity contribution in [3.8, 4) is 0 Å². The van der Waals surface area contributed by atoms with Gasteiger partial charge in [0.05, 0.1) is 5.69 Å². The summed E-state index contributed by atoms with van der Waals surface area (Å²) < 4.78 is 14.5. The van der Waals surface area contributed by atoms with Crippen molar-refractivity contribution >= 4 is 27.5 Å². The second kappa shape index (κ2) is 6.48. The second-order valence-electron chi connectivity index (χ2n) is 4.96. The molecule has 1 heterocycles. The lowest BCUT2D eigenvalue weighted by Gasteiger charge is -2.25. The van der Waals surface area contributed by atoms with E-state index in [2.05, 4.69) is 21.2 Å². The molecule has 19 heavy (non-hydrogen) atoms. The molecule has 0 aromatic heterocycles. The van der Waals surface area contributed by atoms with E-state index in [0.717, 1.165) is 30.4 Å². The summed E-state index contributed by atoms with van der Waals surface area (Å²) in [5, 5.41) is 3.29. The van der Waals surface area contributed by atoms with E-state index >= 15 is 0 Å². The Morgan fingerprint density at radius 2 is 2.37 bits per heavy atom. The normalized spacial score (nSPS) is 19.2. The van der Waals surface area contributed by atoms with Crippen molar-refractivity contribution < 1.29 is 9.18 Å². The van der Waals surface area contributed by atoms with Crippen molar-refractivity contribution in [3.05, 3.63) is 28.5 Å². The van der Waals surface area contributed by atoms with E-state index < -0.39 is 0 Å². The molecule has 1 aromatic carbocycles. The summed E-state index contributed by atoms with van der Waals surface area (Å²) in [6.45, 7) is 1.90. The third-order valence-electron chi connectivity index (χ3n) is 3.51. The molecule has 0 bridgehead atoms. The maximum Gasteiger partial charge on any atom is 0.227 e. The average Bonchev–Trinajstić information content (AvgIpc) is 2.42. The third kappa shape index (κ3) is 3.76. The number of amides is 1. The molecular formula is C14H18BrFN2O. The van der Waals surface area contributed by atoms with E-state index in [1.807, 2.05) is 0 Å². The van der Waals surface area contributed by atoms with Crippen LogP contribution in [-0.4, -0.2) is 26.0 Å². The van der Waals surface area contributed by atoms with Crippen molar-refractivity contribution in [1.82, 2.24) is 5.32 Å². The number of hydrogen-bond donors (Lipinski definition) is 1.